The number of anilines is 1. The zero-order chi connectivity index (χ0) is 18.5. The van der Waals surface area contributed by atoms with Gasteiger partial charge in [-0.15, -0.1) is 0 Å². The van der Waals surface area contributed by atoms with E-state index in [0.29, 0.717) is 0 Å². The predicted molar refractivity (Wildman–Crippen MR) is 104 cm³/mol. The molecule has 26 heavy (non-hydrogen) atoms. The predicted octanol–water partition coefficient (Wildman–Crippen LogP) is 3.05. The van der Waals surface area contributed by atoms with Crippen LogP contribution in [0.2, 0.25) is 0 Å². The van der Waals surface area contributed by atoms with Crippen molar-refractivity contribution < 1.29 is 9.59 Å². The molecule has 0 unspecified atom stereocenters. The Bertz CT molecular complexity index is 630. The van der Waals surface area contributed by atoms with E-state index >= 15 is 0 Å². The summed E-state index contributed by atoms with van der Waals surface area (Å²) in [5.41, 5.74) is 1.86. The molecule has 0 spiro atoms. The minimum atomic E-state index is 0.0240. The highest BCUT2D eigenvalue weighted by atomic mass is 16.2. The van der Waals surface area contributed by atoms with Gasteiger partial charge in [0.15, 0.2) is 0 Å². The second-order valence-corrected chi connectivity index (χ2v) is 7.79. The van der Waals surface area contributed by atoms with E-state index in [2.05, 4.69) is 16.3 Å². The maximum atomic E-state index is 13.0. The molecule has 5 heteroatoms. The lowest BCUT2D eigenvalue weighted by molar-refractivity contribution is -0.124. The Morgan fingerprint density at radius 2 is 1.65 bits per heavy atom. The van der Waals surface area contributed by atoms with E-state index < -0.39 is 0 Å². The maximum absolute atomic E-state index is 13.0. The molecular weight excluding hydrogens is 326 g/mol. The average Bonchev–Trinajstić information content (AvgIpc) is 2.68. The molecule has 5 nitrogen and oxygen atoms in total. The molecule has 1 N–H and O–H groups in total. The van der Waals surface area contributed by atoms with E-state index in [9.17, 15) is 9.59 Å². The highest BCUT2D eigenvalue weighted by Crippen LogP contribution is 2.26. The molecule has 2 aliphatic rings. The van der Waals surface area contributed by atoms with Crippen LogP contribution in [-0.4, -0.2) is 48.9 Å². The zero-order valence-electron chi connectivity index (χ0n) is 16.0. The van der Waals surface area contributed by atoms with Gasteiger partial charge < -0.3 is 15.1 Å². The molecule has 1 aromatic carbocycles. The summed E-state index contributed by atoms with van der Waals surface area (Å²) in [7, 11) is 0. The first-order chi connectivity index (χ1) is 12.6. The van der Waals surface area contributed by atoms with E-state index in [1.807, 2.05) is 36.9 Å². The third kappa shape index (κ3) is 4.37. The molecule has 0 bridgehead atoms. The van der Waals surface area contributed by atoms with Crippen molar-refractivity contribution in [2.24, 2.45) is 5.92 Å². The molecule has 2 heterocycles. The molecule has 2 saturated heterocycles. The van der Waals surface area contributed by atoms with Crippen molar-refractivity contribution in [1.82, 2.24) is 10.2 Å². The van der Waals surface area contributed by atoms with Crippen molar-refractivity contribution in [2.75, 3.05) is 31.1 Å². The van der Waals surface area contributed by atoms with E-state index in [-0.39, 0.29) is 23.8 Å². The van der Waals surface area contributed by atoms with Gasteiger partial charge in [0.2, 0.25) is 5.91 Å². The number of hydrogen-bond acceptors (Lipinski definition) is 3. The Labute approximate surface area is 156 Å². The van der Waals surface area contributed by atoms with Crippen LogP contribution in [0.4, 0.5) is 5.69 Å². The van der Waals surface area contributed by atoms with Crippen LogP contribution in [0.5, 0.6) is 0 Å². The summed E-state index contributed by atoms with van der Waals surface area (Å²) < 4.78 is 0. The first kappa shape index (κ1) is 18.7. The number of hydrogen-bond donors (Lipinski definition) is 1. The van der Waals surface area contributed by atoms with Crippen molar-refractivity contribution in [1.29, 1.82) is 0 Å². The van der Waals surface area contributed by atoms with E-state index in [1.54, 1.807) is 0 Å². The lowest BCUT2D eigenvalue weighted by Gasteiger charge is -2.36. The van der Waals surface area contributed by atoms with Crippen molar-refractivity contribution in [3.63, 3.8) is 0 Å². The molecule has 142 valence electrons. The fourth-order valence-corrected chi connectivity index (χ4v) is 3.83. The number of amides is 2. The van der Waals surface area contributed by atoms with Gasteiger partial charge in [0.05, 0.1) is 5.56 Å². The molecule has 0 aromatic heterocycles. The summed E-state index contributed by atoms with van der Waals surface area (Å²) in [4.78, 5) is 29.2. The van der Waals surface area contributed by atoms with Crippen LogP contribution in [0.1, 0.15) is 56.3 Å². The number of nitrogens with one attached hydrogen (secondary N) is 1. The quantitative estimate of drug-likeness (QED) is 0.901. The Morgan fingerprint density at radius 3 is 2.31 bits per heavy atom. The second-order valence-electron chi connectivity index (χ2n) is 7.79. The fraction of sp³-hybridized carbons (Fsp3) is 0.619. The van der Waals surface area contributed by atoms with E-state index in [4.69, 9.17) is 0 Å². The number of nitrogens with zero attached hydrogens (tertiary/aromatic N) is 2. The summed E-state index contributed by atoms with van der Waals surface area (Å²) in [5, 5.41) is 3.14. The van der Waals surface area contributed by atoms with Crippen LogP contribution in [0.3, 0.4) is 0 Å². The van der Waals surface area contributed by atoms with Crippen LogP contribution in [-0.2, 0) is 4.79 Å². The van der Waals surface area contributed by atoms with E-state index in [1.165, 1.54) is 6.42 Å². The van der Waals surface area contributed by atoms with Crippen molar-refractivity contribution in [3.05, 3.63) is 29.8 Å². The normalized spacial score (nSPS) is 18.9. The number of rotatable bonds is 4. The van der Waals surface area contributed by atoms with Gasteiger partial charge in [-0.05, 0) is 44.2 Å². The maximum Gasteiger partial charge on any atom is 0.255 e. The first-order valence-electron chi connectivity index (χ1n) is 10.00. The number of benzene rings is 1. The molecule has 2 fully saturated rings. The molecule has 0 radical (unpaired) electrons. The standard InChI is InChI=1S/C21H31N3O2/c1-16(2)20(25)22-17-10-14-23(15-11-17)19-9-5-4-8-18(19)21(26)24-12-6-3-7-13-24/h4-5,8-9,16-17H,3,6-7,10-15H2,1-2H3,(H,22,25). The average molecular weight is 357 g/mol. The van der Waals surface area contributed by atoms with Gasteiger partial charge >= 0.3 is 0 Å². The molecule has 0 aliphatic carbocycles. The summed E-state index contributed by atoms with van der Waals surface area (Å²) in [6.45, 7) is 7.33. The second kappa shape index (κ2) is 8.56. The van der Waals surface area contributed by atoms with Gasteiger partial charge in [-0.25, -0.2) is 0 Å². The lowest BCUT2D eigenvalue weighted by Crippen LogP contribution is -2.46. The van der Waals surface area contributed by atoms with Crippen LogP contribution >= 0.6 is 0 Å². The number of likely N-dealkylation sites (tertiary alicyclic amines) is 1. The Kier molecular flexibility index (Phi) is 6.17. The van der Waals surface area contributed by atoms with Gasteiger partial charge in [-0.2, -0.15) is 0 Å². The molecule has 0 atom stereocenters. The number of carbonyl (C=O) groups is 2. The van der Waals surface area contributed by atoms with Gasteiger partial charge in [-0.1, -0.05) is 26.0 Å². The van der Waals surface area contributed by atoms with Crippen LogP contribution < -0.4 is 10.2 Å². The highest BCUT2D eigenvalue weighted by molar-refractivity contribution is 5.99. The third-order valence-electron chi connectivity index (χ3n) is 5.48. The minimum Gasteiger partial charge on any atom is -0.371 e. The topological polar surface area (TPSA) is 52.7 Å². The molecule has 2 aliphatic heterocycles. The van der Waals surface area contributed by atoms with Crippen LogP contribution in [0.15, 0.2) is 24.3 Å². The molecular formula is C21H31N3O2. The number of piperidine rings is 2. The summed E-state index contributed by atoms with van der Waals surface area (Å²) in [6.07, 6.45) is 5.28. The zero-order valence-corrected chi connectivity index (χ0v) is 16.0. The van der Waals surface area contributed by atoms with Crippen molar-refractivity contribution >= 4 is 17.5 Å². The van der Waals surface area contributed by atoms with Crippen LogP contribution in [0.25, 0.3) is 0 Å². The number of carbonyl (C=O) groups excluding carboxylic acids is 2. The van der Waals surface area contributed by atoms with Gasteiger partial charge in [0.25, 0.3) is 5.91 Å². The first-order valence-corrected chi connectivity index (χ1v) is 10.00. The smallest absolute Gasteiger partial charge is 0.255 e. The van der Waals surface area contributed by atoms with E-state index in [0.717, 1.165) is 63.1 Å². The monoisotopic (exact) mass is 357 g/mol. The molecule has 0 saturated carbocycles. The van der Waals surface area contributed by atoms with Crippen LogP contribution in [0, 0.1) is 5.92 Å². The molecule has 3 rings (SSSR count). The Balaban J connectivity index is 1.65. The van der Waals surface area contributed by atoms with Crippen molar-refractivity contribution in [2.45, 2.75) is 52.0 Å². The SMILES string of the molecule is CC(C)C(=O)NC1CCN(c2ccccc2C(=O)N2CCCCC2)CC1. The third-order valence-corrected chi connectivity index (χ3v) is 5.48. The lowest BCUT2D eigenvalue weighted by atomic mass is 10.0. The molecule has 2 amide bonds. The number of para-hydroxylation sites is 1. The summed E-state index contributed by atoms with van der Waals surface area (Å²) in [6, 6.07) is 8.22. The van der Waals surface area contributed by atoms with Gasteiger partial charge in [-0.3, -0.25) is 9.59 Å². The Hall–Kier alpha value is -2.04. The Morgan fingerprint density at radius 1 is 1.00 bits per heavy atom. The highest BCUT2D eigenvalue weighted by Gasteiger charge is 2.26. The molecule has 1 aromatic rings. The fourth-order valence-electron chi connectivity index (χ4n) is 3.83. The van der Waals surface area contributed by atoms with Crippen molar-refractivity contribution in [3.8, 4) is 0 Å². The summed E-state index contributed by atoms with van der Waals surface area (Å²) in [5.74, 6) is 0.315. The van der Waals surface area contributed by atoms with Gasteiger partial charge in [0.1, 0.15) is 0 Å². The minimum absolute atomic E-state index is 0.0240. The summed E-state index contributed by atoms with van der Waals surface area (Å²) >= 11 is 0. The largest absolute Gasteiger partial charge is 0.371 e. The van der Waals surface area contributed by atoms with Gasteiger partial charge in [0, 0.05) is 43.8 Å².